The number of fused-ring (bicyclic) bond motifs is 1. The summed E-state index contributed by atoms with van der Waals surface area (Å²) in [5.41, 5.74) is 2.03. The van der Waals surface area contributed by atoms with E-state index in [1.165, 1.54) is 6.33 Å². The summed E-state index contributed by atoms with van der Waals surface area (Å²) in [7, 11) is 0. The third kappa shape index (κ3) is 5.45. The summed E-state index contributed by atoms with van der Waals surface area (Å²) >= 11 is 0. The molecule has 192 valence electrons. The van der Waals surface area contributed by atoms with Crippen LogP contribution in [0.1, 0.15) is 62.5 Å². The van der Waals surface area contributed by atoms with Crippen LogP contribution in [0, 0.1) is 0 Å². The maximum Gasteiger partial charge on any atom is 0.185 e. The zero-order chi connectivity index (χ0) is 25.5. The molecule has 2 aromatic heterocycles. The number of imidazole rings is 1. The van der Waals surface area contributed by atoms with E-state index in [-0.39, 0.29) is 13.0 Å². The highest BCUT2D eigenvalue weighted by atomic mass is 16.5. The van der Waals surface area contributed by atoms with Gasteiger partial charge in [-0.15, -0.1) is 0 Å². The SMILES string of the molecule is CCCCN(C=Nc1ncnc2c1nc(-c1ccccc1C=O)n2C1CC(O)C(CO)O1)CCCC. The van der Waals surface area contributed by atoms with Gasteiger partial charge in [0.2, 0.25) is 0 Å². The van der Waals surface area contributed by atoms with Crippen LogP contribution in [0.3, 0.4) is 0 Å². The number of nitrogens with zero attached hydrogens (tertiary/aromatic N) is 6. The second-order valence-electron chi connectivity index (χ2n) is 8.98. The van der Waals surface area contributed by atoms with E-state index < -0.39 is 18.4 Å². The second-order valence-corrected chi connectivity index (χ2v) is 8.98. The predicted molar refractivity (Wildman–Crippen MR) is 137 cm³/mol. The normalized spacial score (nSPS) is 19.9. The smallest absolute Gasteiger partial charge is 0.185 e. The molecule has 10 heteroatoms. The molecule has 0 aliphatic carbocycles. The van der Waals surface area contributed by atoms with Crippen LogP contribution in [0.15, 0.2) is 35.6 Å². The molecule has 36 heavy (non-hydrogen) atoms. The first-order valence-electron chi connectivity index (χ1n) is 12.6. The average Bonchev–Trinajstić information content (AvgIpc) is 3.48. The maximum absolute atomic E-state index is 11.8. The Hall–Kier alpha value is -3.21. The van der Waals surface area contributed by atoms with Crippen molar-refractivity contribution in [2.24, 2.45) is 4.99 Å². The second kappa shape index (κ2) is 12.2. The molecule has 1 fully saturated rings. The van der Waals surface area contributed by atoms with Crippen LogP contribution in [0.2, 0.25) is 0 Å². The number of aromatic nitrogens is 4. The van der Waals surface area contributed by atoms with E-state index in [0.29, 0.717) is 33.9 Å². The van der Waals surface area contributed by atoms with Crippen LogP contribution >= 0.6 is 0 Å². The summed E-state index contributed by atoms with van der Waals surface area (Å²) in [4.78, 5) is 32.4. The zero-order valence-corrected chi connectivity index (χ0v) is 20.8. The Kier molecular flexibility index (Phi) is 8.74. The molecule has 3 atom stereocenters. The van der Waals surface area contributed by atoms with Gasteiger partial charge >= 0.3 is 0 Å². The molecule has 0 bridgehead atoms. The first kappa shape index (κ1) is 25.9. The minimum atomic E-state index is -0.836. The number of carbonyl (C=O) groups is 1. The zero-order valence-electron chi connectivity index (χ0n) is 20.8. The van der Waals surface area contributed by atoms with E-state index in [4.69, 9.17) is 9.72 Å². The number of unbranched alkanes of at least 4 members (excludes halogenated alkanes) is 2. The lowest BCUT2D eigenvalue weighted by Gasteiger charge is -2.18. The van der Waals surface area contributed by atoms with Gasteiger partial charge in [0.05, 0.1) is 19.0 Å². The largest absolute Gasteiger partial charge is 0.394 e. The number of hydrogen-bond donors (Lipinski definition) is 2. The number of aliphatic hydroxyl groups excluding tert-OH is 2. The summed E-state index contributed by atoms with van der Waals surface area (Å²) in [5.74, 6) is 0.882. The summed E-state index contributed by atoms with van der Waals surface area (Å²) < 4.78 is 7.73. The monoisotopic (exact) mass is 494 g/mol. The molecule has 10 nitrogen and oxygen atoms in total. The van der Waals surface area contributed by atoms with Crippen LogP contribution in [0.5, 0.6) is 0 Å². The predicted octanol–water partition coefficient (Wildman–Crippen LogP) is 3.51. The summed E-state index contributed by atoms with van der Waals surface area (Å²) in [5, 5.41) is 20.0. The van der Waals surface area contributed by atoms with Crippen molar-refractivity contribution < 1.29 is 19.7 Å². The van der Waals surface area contributed by atoms with Crippen LogP contribution < -0.4 is 0 Å². The third-order valence-corrected chi connectivity index (χ3v) is 6.40. The lowest BCUT2D eigenvalue weighted by atomic mass is 10.1. The third-order valence-electron chi connectivity index (χ3n) is 6.40. The van der Waals surface area contributed by atoms with Gasteiger partial charge in [0, 0.05) is 30.6 Å². The van der Waals surface area contributed by atoms with Crippen molar-refractivity contribution in [3.8, 4) is 11.4 Å². The molecular weight excluding hydrogens is 460 g/mol. The number of rotatable bonds is 12. The molecule has 0 amide bonds. The Labute approximate surface area is 210 Å². The molecule has 4 rings (SSSR count). The fourth-order valence-electron chi connectivity index (χ4n) is 4.38. The fourth-order valence-corrected chi connectivity index (χ4v) is 4.38. The van der Waals surface area contributed by atoms with E-state index in [1.54, 1.807) is 16.7 Å². The molecule has 1 aromatic carbocycles. The average molecular weight is 495 g/mol. The standard InChI is InChI=1S/C26H34N6O4/c1-3-5-11-31(12-6-4-2)17-29-24-23-26(28-16-27-24)32(22-13-20(35)21(15-34)36-22)25(30-23)19-10-8-7-9-18(19)14-33/h7-10,14,16-17,20-22,34-35H,3-6,11-13,15H2,1-2H3. The van der Waals surface area contributed by atoms with Crippen molar-refractivity contribution in [2.45, 2.75) is 64.4 Å². The van der Waals surface area contributed by atoms with E-state index in [1.807, 2.05) is 18.5 Å². The van der Waals surface area contributed by atoms with Gasteiger partial charge in [0.15, 0.2) is 23.3 Å². The van der Waals surface area contributed by atoms with Crippen molar-refractivity contribution in [3.05, 3.63) is 36.2 Å². The van der Waals surface area contributed by atoms with Gasteiger partial charge in [0.1, 0.15) is 24.5 Å². The van der Waals surface area contributed by atoms with Gasteiger partial charge in [-0.3, -0.25) is 9.36 Å². The van der Waals surface area contributed by atoms with Crippen molar-refractivity contribution in [3.63, 3.8) is 0 Å². The lowest BCUT2D eigenvalue weighted by Crippen LogP contribution is -2.24. The van der Waals surface area contributed by atoms with Crippen LogP contribution in [-0.4, -0.2) is 79.2 Å². The maximum atomic E-state index is 11.8. The first-order chi connectivity index (χ1) is 17.6. The van der Waals surface area contributed by atoms with Crippen molar-refractivity contribution in [1.29, 1.82) is 0 Å². The first-order valence-corrected chi connectivity index (χ1v) is 12.6. The van der Waals surface area contributed by atoms with Crippen LogP contribution in [0.4, 0.5) is 5.82 Å². The topological polar surface area (TPSA) is 126 Å². The molecule has 0 spiro atoms. The quantitative estimate of drug-likeness (QED) is 0.223. The molecule has 0 radical (unpaired) electrons. The Morgan fingerprint density at radius 1 is 1.19 bits per heavy atom. The molecule has 0 saturated carbocycles. The summed E-state index contributed by atoms with van der Waals surface area (Å²) in [6.45, 7) is 5.85. The van der Waals surface area contributed by atoms with E-state index in [2.05, 4.69) is 33.7 Å². The summed E-state index contributed by atoms with van der Waals surface area (Å²) in [6.07, 6.45) is 6.44. The number of benzene rings is 1. The molecule has 1 aliphatic rings. The highest BCUT2D eigenvalue weighted by Crippen LogP contribution is 2.37. The Morgan fingerprint density at radius 2 is 1.94 bits per heavy atom. The number of aldehydes is 1. The number of aliphatic hydroxyl groups is 2. The van der Waals surface area contributed by atoms with Gasteiger partial charge in [-0.2, -0.15) is 0 Å². The van der Waals surface area contributed by atoms with E-state index >= 15 is 0 Å². The van der Waals surface area contributed by atoms with Gasteiger partial charge < -0.3 is 19.8 Å². The van der Waals surface area contributed by atoms with E-state index in [0.717, 1.165) is 45.1 Å². The van der Waals surface area contributed by atoms with Gasteiger partial charge in [0.25, 0.3) is 0 Å². The molecule has 3 aromatic rings. The summed E-state index contributed by atoms with van der Waals surface area (Å²) in [6, 6.07) is 7.15. The van der Waals surface area contributed by atoms with Crippen molar-refractivity contribution in [2.75, 3.05) is 19.7 Å². The Balaban J connectivity index is 1.81. The fraction of sp³-hybridized carbons (Fsp3) is 0.500. The number of aliphatic imine (C=N–C) groups is 1. The number of carbonyl (C=O) groups excluding carboxylic acids is 1. The molecule has 3 unspecified atom stereocenters. The Bertz CT molecular complexity index is 1190. The Morgan fingerprint density at radius 3 is 2.61 bits per heavy atom. The minimum Gasteiger partial charge on any atom is -0.394 e. The van der Waals surface area contributed by atoms with Gasteiger partial charge in [-0.1, -0.05) is 51.0 Å². The number of hydrogen-bond acceptors (Lipinski definition) is 8. The molecule has 3 heterocycles. The molecule has 1 saturated heterocycles. The number of ether oxygens (including phenoxy) is 1. The van der Waals surface area contributed by atoms with Crippen molar-refractivity contribution in [1.82, 2.24) is 24.4 Å². The molecular formula is C26H34N6O4. The molecule has 2 N–H and O–H groups in total. The highest BCUT2D eigenvalue weighted by Gasteiger charge is 2.37. The van der Waals surface area contributed by atoms with Crippen LogP contribution in [-0.2, 0) is 4.74 Å². The minimum absolute atomic E-state index is 0.247. The van der Waals surface area contributed by atoms with Gasteiger partial charge in [-0.05, 0) is 12.8 Å². The highest BCUT2D eigenvalue weighted by molar-refractivity contribution is 5.91. The van der Waals surface area contributed by atoms with Crippen LogP contribution in [0.25, 0.3) is 22.6 Å². The van der Waals surface area contributed by atoms with Gasteiger partial charge in [-0.25, -0.2) is 19.9 Å². The molecule has 1 aliphatic heterocycles. The van der Waals surface area contributed by atoms with Crippen molar-refractivity contribution >= 4 is 29.6 Å². The van der Waals surface area contributed by atoms with E-state index in [9.17, 15) is 15.0 Å². The lowest BCUT2D eigenvalue weighted by molar-refractivity contribution is -0.0426.